The molecule has 8 heteroatoms. The van der Waals surface area contributed by atoms with Gasteiger partial charge in [0.15, 0.2) is 5.75 Å². The molecular weight excluding hydrogens is 406 g/mol. The number of ether oxygens (including phenoxy) is 1. The molecule has 29 heavy (non-hydrogen) atoms. The van der Waals surface area contributed by atoms with Crippen LogP contribution >= 0.6 is 11.3 Å². The molecule has 160 valence electrons. The standard InChI is InChI=1S/C21H31N3O3S2/c1-3-18-12-19-20(28-18)4-8-27-21(19)5-7-24(15(2)13-21)14-16-10-17(11-16)23-29(25,26)9-6-22/h12,15-17,23H,3-5,7-11,13-14H2,1-2H3/t15-,16?,17?,21+/m0/s1. The lowest BCUT2D eigenvalue weighted by Gasteiger charge is -2.49. The van der Waals surface area contributed by atoms with Crippen LogP contribution in [0.5, 0.6) is 0 Å². The molecule has 0 aromatic carbocycles. The van der Waals surface area contributed by atoms with Gasteiger partial charge in [-0.15, -0.1) is 11.3 Å². The molecule has 2 aliphatic heterocycles. The van der Waals surface area contributed by atoms with Crippen LogP contribution in [-0.4, -0.2) is 50.9 Å². The fraction of sp³-hybridized carbons (Fsp3) is 0.762. The summed E-state index contributed by atoms with van der Waals surface area (Å²) in [6, 6.07) is 4.55. The summed E-state index contributed by atoms with van der Waals surface area (Å²) in [7, 11) is -3.45. The van der Waals surface area contributed by atoms with E-state index in [0.29, 0.717) is 12.0 Å². The number of thiophene rings is 1. The molecule has 0 amide bonds. The first-order valence-corrected chi connectivity index (χ1v) is 13.2. The van der Waals surface area contributed by atoms with Gasteiger partial charge in [0.1, 0.15) is 0 Å². The molecular formula is C21H31N3O3S2. The molecule has 4 rings (SSSR count). The molecule has 1 aliphatic carbocycles. The van der Waals surface area contributed by atoms with E-state index in [9.17, 15) is 8.42 Å². The number of hydrogen-bond donors (Lipinski definition) is 1. The van der Waals surface area contributed by atoms with Gasteiger partial charge in [-0.05, 0) is 56.6 Å². The van der Waals surface area contributed by atoms with Crippen LogP contribution in [0.1, 0.15) is 54.8 Å². The van der Waals surface area contributed by atoms with Gasteiger partial charge in [0.2, 0.25) is 10.0 Å². The van der Waals surface area contributed by atoms with Crippen molar-refractivity contribution >= 4 is 21.4 Å². The number of sulfonamides is 1. The summed E-state index contributed by atoms with van der Waals surface area (Å²) >= 11 is 1.97. The Bertz CT molecular complexity index is 885. The monoisotopic (exact) mass is 437 g/mol. The van der Waals surface area contributed by atoms with E-state index in [1.165, 1.54) is 15.3 Å². The first kappa shape index (κ1) is 21.3. The Kier molecular flexibility index (Phi) is 6.07. The van der Waals surface area contributed by atoms with Crippen LogP contribution in [0.2, 0.25) is 0 Å². The zero-order chi connectivity index (χ0) is 20.6. The minimum Gasteiger partial charge on any atom is -0.370 e. The lowest BCUT2D eigenvalue weighted by Crippen LogP contribution is -2.54. The van der Waals surface area contributed by atoms with E-state index in [1.807, 2.05) is 11.3 Å². The first-order chi connectivity index (χ1) is 13.8. The third kappa shape index (κ3) is 4.40. The third-order valence-electron chi connectivity index (χ3n) is 6.79. The van der Waals surface area contributed by atoms with E-state index < -0.39 is 15.8 Å². The highest BCUT2D eigenvalue weighted by Crippen LogP contribution is 2.46. The number of nitriles is 1. The molecule has 3 aliphatic rings. The van der Waals surface area contributed by atoms with E-state index in [4.69, 9.17) is 10.00 Å². The number of piperidine rings is 1. The van der Waals surface area contributed by atoms with Gasteiger partial charge >= 0.3 is 0 Å². The maximum atomic E-state index is 11.7. The predicted molar refractivity (Wildman–Crippen MR) is 114 cm³/mol. The summed E-state index contributed by atoms with van der Waals surface area (Å²) in [5.74, 6) is 0.0703. The van der Waals surface area contributed by atoms with Gasteiger partial charge in [-0.3, -0.25) is 0 Å². The van der Waals surface area contributed by atoms with Gasteiger partial charge in [0, 0.05) is 41.3 Å². The molecule has 1 N–H and O–H groups in total. The van der Waals surface area contributed by atoms with Crippen LogP contribution in [-0.2, 0) is 33.2 Å². The predicted octanol–water partition coefficient (Wildman–Crippen LogP) is 2.78. The van der Waals surface area contributed by atoms with Crippen molar-refractivity contribution < 1.29 is 13.2 Å². The second-order valence-corrected chi connectivity index (χ2v) is 11.8. The maximum absolute atomic E-state index is 11.7. The van der Waals surface area contributed by atoms with Crippen LogP contribution in [0.3, 0.4) is 0 Å². The van der Waals surface area contributed by atoms with E-state index >= 15 is 0 Å². The van der Waals surface area contributed by atoms with Crippen molar-refractivity contribution in [3.63, 3.8) is 0 Å². The third-order valence-corrected chi connectivity index (χ3v) is 9.33. The van der Waals surface area contributed by atoms with Crippen molar-refractivity contribution in [3.05, 3.63) is 21.4 Å². The fourth-order valence-electron chi connectivity index (χ4n) is 5.24. The Labute approximate surface area is 178 Å². The van der Waals surface area contributed by atoms with Crippen LogP contribution in [0.4, 0.5) is 0 Å². The van der Waals surface area contributed by atoms with Crippen LogP contribution < -0.4 is 4.72 Å². The summed E-state index contributed by atoms with van der Waals surface area (Å²) in [5, 5.41) is 8.60. The number of nitrogens with zero attached hydrogens (tertiary/aromatic N) is 2. The van der Waals surface area contributed by atoms with Gasteiger partial charge < -0.3 is 9.64 Å². The minimum absolute atomic E-state index is 0.00713. The lowest BCUT2D eigenvalue weighted by molar-refractivity contribution is -0.114. The van der Waals surface area contributed by atoms with Crippen LogP contribution in [0.15, 0.2) is 6.07 Å². The molecule has 0 radical (unpaired) electrons. The van der Waals surface area contributed by atoms with Gasteiger partial charge in [-0.1, -0.05) is 6.92 Å². The molecule has 2 atom stereocenters. The summed E-state index contributed by atoms with van der Waals surface area (Å²) in [6.07, 6.45) is 5.94. The smallest absolute Gasteiger partial charge is 0.225 e. The van der Waals surface area contributed by atoms with Crippen molar-refractivity contribution in [1.82, 2.24) is 9.62 Å². The summed E-state index contributed by atoms with van der Waals surface area (Å²) < 4.78 is 32.5. The van der Waals surface area contributed by atoms with Crippen molar-refractivity contribution in [2.24, 2.45) is 5.92 Å². The minimum atomic E-state index is -3.45. The van der Waals surface area contributed by atoms with Crippen molar-refractivity contribution in [1.29, 1.82) is 5.26 Å². The lowest BCUT2D eigenvalue weighted by atomic mass is 9.77. The van der Waals surface area contributed by atoms with Gasteiger partial charge in [0.25, 0.3) is 0 Å². The Morgan fingerprint density at radius 3 is 2.93 bits per heavy atom. The quantitative estimate of drug-likeness (QED) is 0.740. The highest BCUT2D eigenvalue weighted by Gasteiger charge is 2.45. The number of aryl methyl sites for hydroxylation is 1. The zero-order valence-corrected chi connectivity index (χ0v) is 18.9. The molecule has 0 unspecified atom stereocenters. The fourth-order valence-corrected chi connectivity index (χ4v) is 7.37. The Balaban J connectivity index is 1.32. The van der Waals surface area contributed by atoms with Crippen molar-refractivity contribution in [2.45, 2.75) is 70.1 Å². The van der Waals surface area contributed by atoms with Crippen molar-refractivity contribution in [2.75, 3.05) is 25.4 Å². The normalized spacial score (nSPS) is 32.5. The van der Waals surface area contributed by atoms with E-state index in [2.05, 4.69) is 29.5 Å². The van der Waals surface area contributed by atoms with E-state index in [1.54, 1.807) is 6.07 Å². The molecule has 1 saturated carbocycles. The highest BCUT2D eigenvalue weighted by molar-refractivity contribution is 7.89. The van der Waals surface area contributed by atoms with Crippen LogP contribution in [0.25, 0.3) is 0 Å². The second-order valence-electron chi connectivity index (χ2n) is 8.86. The molecule has 1 aromatic rings. The Hall–Kier alpha value is -0.980. The Morgan fingerprint density at radius 2 is 2.24 bits per heavy atom. The molecule has 6 nitrogen and oxygen atoms in total. The molecule has 1 saturated heterocycles. The molecule has 1 spiro atoms. The molecule has 2 fully saturated rings. The number of rotatable bonds is 6. The van der Waals surface area contributed by atoms with E-state index in [0.717, 1.165) is 58.2 Å². The summed E-state index contributed by atoms with van der Waals surface area (Å²) in [5.41, 5.74) is 1.34. The van der Waals surface area contributed by atoms with Crippen molar-refractivity contribution in [3.8, 4) is 6.07 Å². The molecule has 3 heterocycles. The number of hydrogen-bond acceptors (Lipinski definition) is 6. The summed E-state index contributed by atoms with van der Waals surface area (Å²) in [4.78, 5) is 5.55. The maximum Gasteiger partial charge on any atom is 0.225 e. The molecule has 0 bridgehead atoms. The average Bonchev–Trinajstić information content (AvgIpc) is 3.07. The zero-order valence-electron chi connectivity index (χ0n) is 17.3. The number of fused-ring (bicyclic) bond motifs is 2. The van der Waals surface area contributed by atoms with Gasteiger partial charge in [-0.2, -0.15) is 5.26 Å². The Morgan fingerprint density at radius 1 is 1.45 bits per heavy atom. The topological polar surface area (TPSA) is 82.4 Å². The highest BCUT2D eigenvalue weighted by atomic mass is 32.2. The number of nitrogens with one attached hydrogen (secondary N) is 1. The van der Waals surface area contributed by atoms with Gasteiger partial charge in [-0.25, -0.2) is 13.1 Å². The SMILES string of the molecule is CCc1cc2c(s1)CCO[C@@]21CCN(CC2CC(NS(=O)(=O)CC#N)C2)[C@@H](C)C1. The average molecular weight is 438 g/mol. The molecule has 1 aromatic heterocycles. The largest absolute Gasteiger partial charge is 0.370 e. The van der Waals surface area contributed by atoms with Gasteiger partial charge in [0.05, 0.1) is 18.3 Å². The van der Waals surface area contributed by atoms with Crippen LogP contribution in [0, 0.1) is 17.2 Å². The number of likely N-dealkylation sites (tertiary alicyclic amines) is 1. The summed E-state index contributed by atoms with van der Waals surface area (Å²) in [6.45, 7) is 7.40. The van der Waals surface area contributed by atoms with E-state index in [-0.39, 0.29) is 11.6 Å². The second kappa shape index (κ2) is 8.27. The first-order valence-electron chi connectivity index (χ1n) is 10.7.